The van der Waals surface area contributed by atoms with Crippen LogP contribution in [-0.2, 0) is 0 Å². The summed E-state index contributed by atoms with van der Waals surface area (Å²) in [5.74, 6) is -0.733. The standard InChI is InChI=1S/C18H10BrF2N3OS/c19-14-9-12(21)5-6-13(14)17(25)23-16-15(10-1-3-11(20)4-2-10)22-18-24(16)7-8-26-18/h1-9H,(H,23,25). The van der Waals surface area contributed by atoms with Gasteiger partial charge in [-0.25, -0.2) is 13.8 Å². The highest BCUT2D eigenvalue weighted by Gasteiger charge is 2.19. The van der Waals surface area contributed by atoms with Gasteiger partial charge in [0.05, 0.1) is 5.56 Å². The average molecular weight is 434 g/mol. The number of nitrogens with one attached hydrogen (secondary N) is 1. The lowest BCUT2D eigenvalue weighted by atomic mass is 10.1. The summed E-state index contributed by atoms with van der Waals surface area (Å²) in [6, 6.07) is 9.73. The molecule has 0 spiro atoms. The van der Waals surface area contributed by atoms with Gasteiger partial charge in [-0.15, -0.1) is 11.3 Å². The Kier molecular flexibility index (Phi) is 4.29. The molecule has 0 atom stereocenters. The van der Waals surface area contributed by atoms with E-state index in [1.165, 1.54) is 41.7 Å². The van der Waals surface area contributed by atoms with E-state index in [0.717, 1.165) is 0 Å². The van der Waals surface area contributed by atoms with Crippen molar-refractivity contribution < 1.29 is 13.6 Å². The molecule has 4 nitrogen and oxygen atoms in total. The molecule has 0 bridgehead atoms. The number of hydrogen-bond acceptors (Lipinski definition) is 3. The fourth-order valence-electron chi connectivity index (χ4n) is 2.56. The molecule has 130 valence electrons. The number of imidazole rings is 1. The molecule has 4 aromatic rings. The molecule has 0 saturated heterocycles. The summed E-state index contributed by atoms with van der Waals surface area (Å²) in [6.07, 6.45) is 1.79. The van der Waals surface area contributed by atoms with Gasteiger partial charge in [0.2, 0.25) is 0 Å². The number of halogens is 3. The van der Waals surface area contributed by atoms with Gasteiger partial charge in [0, 0.05) is 21.6 Å². The van der Waals surface area contributed by atoms with Crippen LogP contribution in [0.5, 0.6) is 0 Å². The van der Waals surface area contributed by atoms with Gasteiger partial charge in [0.1, 0.15) is 23.1 Å². The third-order valence-corrected chi connectivity index (χ3v) is 5.20. The Hall–Kier alpha value is -2.58. The fraction of sp³-hybridized carbons (Fsp3) is 0. The van der Waals surface area contributed by atoms with E-state index in [1.807, 2.05) is 5.38 Å². The van der Waals surface area contributed by atoms with E-state index in [9.17, 15) is 13.6 Å². The molecule has 0 radical (unpaired) electrons. The van der Waals surface area contributed by atoms with Crippen LogP contribution in [0.4, 0.5) is 14.6 Å². The molecule has 2 heterocycles. The van der Waals surface area contributed by atoms with Gasteiger partial charge in [-0.1, -0.05) is 0 Å². The maximum absolute atomic E-state index is 13.3. The largest absolute Gasteiger partial charge is 0.306 e. The number of aromatic nitrogens is 2. The zero-order chi connectivity index (χ0) is 18.3. The van der Waals surface area contributed by atoms with Crippen molar-refractivity contribution in [2.45, 2.75) is 0 Å². The van der Waals surface area contributed by atoms with E-state index in [4.69, 9.17) is 0 Å². The summed E-state index contributed by atoms with van der Waals surface area (Å²) in [5.41, 5.74) is 1.50. The van der Waals surface area contributed by atoms with E-state index in [2.05, 4.69) is 26.2 Å². The molecule has 2 aromatic heterocycles. The zero-order valence-electron chi connectivity index (χ0n) is 13.0. The van der Waals surface area contributed by atoms with Crippen LogP contribution in [0.2, 0.25) is 0 Å². The molecule has 0 unspecified atom stereocenters. The van der Waals surface area contributed by atoms with Gasteiger partial charge in [-0.05, 0) is 58.4 Å². The van der Waals surface area contributed by atoms with Crippen molar-refractivity contribution >= 4 is 44.0 Å². The van der Waals surface area contributed by atoms with Crippen LogP contribution in [0.3, 0.4) is 0 Å². The van der Waals surface area contributed by atoms with Crippen LogP contribution in [0.15, 0.2) is 58.5 Å². The molecule has 0 aliphatic rings. The Bertz CT molecular complexity index is 1120. The van der Waals surface area contributed by atoms with Crippen molar-refractivity contribution in [3.8, 4) is 11.3 Å². The first-order chi connectivity index (χ1) is 12.5. The summed E-state index contributed by atoms with van der Waals surface area (Å²) in [4.78, 5) is 17.9. The summed E-state index contributed by atoms with van der Waals surface area (Å²) < 4.78 is 28.6. The average Bonchev–Trinajstić information content (AvgIpc) is 3.18. The van der Waals surface area contributed by atoms with Gasteiger partial charge in [-0.2, -0.15) is 0 Å². The molecular formula is C18H10BrF2N3OS. The molecule has 8 heteroatoms. The van der Waals surface area contributed by atoms with Gasteiger partial charge >= 0.3 is 0 Å². The molecule has 0 aliphatic carbocycles. The molecule has 26 heavy (non-hydrogen) atoms. The van der Waals surface area contributed by atoms with Gasteiger partial charge in [-0.3, -0.25) is 9.20 Å². The Morgan fingerprint density at radius 3 is 2.58 bits per heavy atom. The third-order valence-electron chi connectivity index (χ3n) is 3.79. The monoisotopic (exact) mass is 433 g/mol. The maximum Gasteiger partial charge on any atom is 0.257 e. The highest BCUT2D eigenvalue weighted by molar-refractivity contribution is 9.10. The Morgan fingerprint density at radius 1 is 1.12 bits per heavy atom. The molecule has 0 aliphatic heterocycles. The number of benzene rings is 2. The molecule has 0 fully saturated rings. The second-order valence-electron chi connectivity index (χ2n) is 5.45. The van der Waals surface area contributed by atoms with Gasteiger partial charge in [0.15, 0.2) is 4.96 Å². The number of anilines is 1. The van der Waals surface area contributed by atoms with Crippen LogP contribution < -0.4 is 5.32 Å². The molecule has 2 aromatic carbocycles. The molecule has 1 N–H and O–H groups in total. The predicted octanol–water partition coefficient (Wildman–Crippen LogP) is 5.36. The number of thiazole rings is 1. The Labute approximate surface area is 159 Å². The van der Waals surface area contributed by atoms with Crippen molar-refractivity contribution in [1.29, 1.82) is 0 Å². The molecule has 0 saturated carbocycles. The van der Waals surface area contributed by atoms with Crippen molar-refractivity contribution in [3.63, 3.8) is 0 Å². The van der Waals surface area contributed by atoms with Crippen LogP contribution in [-0.4, -0.2) is 15.3 Å². The molecule has 4 rings (SSSR count). The number of rotatable bonds is 3. The normalized spacial score (nSPS) is 11.0. The predicted molar refractivity (Wildman–Crippen MR) is 101 cm³/mol. The second-order valence-corrected chi connectivity index (χ2v) is 7.18. The SMILES string of the molecule is O=C(Nc1c(-c2ccc(F)cc2)nc2sccn12)c1ccc(F)cc1Br. The van der Waals surface area contributed by atoms with Crippen molar-refractivity contribution in [3.05, 3.63) is 75.7 Å². The number of carbonyl (C=O) groups is 1. The van der Waals surface area contributed by atoms with Crippen LogP contribution in [0, 0.1) is 11.6 Å². The lowest BCUT2D eigenvalue weighted by Crippen LogP contribution is -2.14. The minimum absolute atomic E-state index is 0.293. The van der Waals surface area contributed by atoms with Crippen molar-refractivity contribution in [2.24, 2.45) is 0 Å². The van der Waals surface area contributed by atoms with Crippen LogP contribution in [0.1, 0.15) is 10.4 Å². The first-order valence-corrected chi connectivity index (χ1v) is 9.18. The van der Waals surface area contributed by atoms with Crippen LogP contribution in [0.25, 0.3) is 16.2 Å². The van der Waals surface area contributed by atoms with E-state index in [0.29, 0.717) is 32.1 Å². The first-order valence-electron chi connectivity index (χ1n) is 7.51. The second kappa shape index (κ2) is 6.62. The number of fused-ring (bicyclic) bond motifs is 1. The highest BCUT2D eigenvalue weighted by Crippen LogP contribution is 2.31. The topological polar surface area (TPSA) is 46.4 Å². The van der Waals surface area contributed by atoms with Gasteiger partial charge in [0.25, 0.3) is 5.91 Å². The summed E-state index contributed by atoms with van der Waals surface area (Å²) in [6.45, 7) is 0. The quantitative estimate of drug-likeness (QED) is 0.472. The fourth-order valence-corrected chi connectivity index (χ4v) is 3.81. The minimum Gasteiger partial charge on any atom is -0.306 e. The molecule has 1 amide bonds. The summed E-state index contributed by atoms with van der Waals surface area (Å²) >= 11 is 4.62. The van der Waals surface area contributed by atoms with Crippen LogP contribution >= 0.6 is 27.3 Å². The van der Waals surface area contributed by atoms with E-state index in [-0.39, 0.29) is 5.82 Å². The van der Waals surface area contributed by atoms with E-state index >= 15 is 0 Å². The number of hydrogen-bond donors (Lipinski definition) is 1. The first kappa shape index (κ1) is 16.9. The summed E-state index contributed by atoms with van der Waals surface area (Å²) in [7, 11) is 0. The lowest BCUT2D eigenvalue weighted by Gasteiger charge is -2.08. The summed E-state index contributed by atoms with van der Waals surface area (Å²) in [5, 5.41) is 4.68. The van der Waals surface area contributed by atoms with Crippen molar-refractivity contribution in [2.75, 3.05) is 5.32 Å². The smallest absolute Gasteiger partial charge is 0.257 e. The highest BCUT2D eigenvalue weighted by atomic mass is 79.9. The van der Waals surface area contributed by atoms with E-state index in [1.54, 1.807) is 22.7 Å². The Morgan fingerprint density at radius 2 is 1.85 bits per heavy atom. The number of nitrogens with zero attached hydrogens (tertiary/aromatic N) is 2. The Balaban J connectivity index is 1.77. The zero-order valence-corrected chi connectivity index (χ0v) is 15.4. The maximum atomic E-state index is 13.3. The third kappa shape index (κ3) is 3.02. The number of carbonyl (C=O) groups excluding carboxylic acids is 1. The molecular weight excluding hydrogens is 424 g/mol. The minimum atomic E-state index is -0.440. The van der Waals surface area contributed by atoms with Gasteiger partial charge < -0.3 is 5.32 Å². The number of amides is 1. The lowest BCUT2D eigenvalue weighted by molar-refractivity contribution is 0.102. The van der Waals surface area contributed by atoms with E-state index < -0.39 is 11.7 Å². The van der Waals surface area contributed by atoms with Crippen molar-refractivity contribution in [1.82, 2.24) is 9.38 Å².